The number of thiol groups is 1. The first-order valence-corrected chi connectivity index (χ1v) is 14.3. The number of carbonyl (C=O) groups excluding carboxylic acids is 2. The molecule has 1 aromatic heterocycles. The number of likely N-dealkylation sites (tertiary alicyclic amines) is 1. The van der Waals surface area contributed by atoms with Gasteiger partial charge in [-0.2, -0.15) is 0 Å². The molecule has 3 aromatic carbocycles. The van der Waals surface area contributed by atoms with Crippen LogP contribution >= 0.6 is 0 Å². The number of ether oxygens (including phenoxy) is 2. The molecule has 10 nitrogen and oxygen atoms in total. The first-order chi connectivity index (χ1) is 20.2. The van der Waals surface area contributed by atoms with Crippen LogP contribution in [0.15, 0.2) is 77.8 Å². The van der Waals surface area contributed by atoms with Crippen LogP contribution in [-0.2, 0) is 25.0 Å². The van der Waals surface area contributed by atoms with Gasteiger partial charge in [-0.15, -0.1) is 0 Å². The van der Waals surface area contributed by atoms with Crippen molar-refractivity contribution in [1.82, 2.24) is 9.88 Å². The van der Waals surface area contributed by atoms with E-state index in [1.165, 1.54) is 43.4 Å². The van der Waals surface area contributed by atoms with Crippen molar-refractivity contribution in [1.29, 1.82) is 0 Å². The lowest BCUT2D eigenvalue weighted by atomic mass is 9.93. The largest absolute Gasteiger partial charge is 0.494 e. The number of benzene rings is 3. The van der Waals surface area contributed by atoms with Crippen LogP contribution in [0.3, 0.4) is 0 Å². The molecule has 5 rings (SSSR count). The molecule has 42 heavy (non-hydrogen) atoms. The highest BCUT2D eigenvalue weighted by Crippen LogP contribution is 2.42. The summed E-state index contributed by atoms with van der Waals surface area (Å²) in [6, 6.07) is 15.5. The van der Waals surface area contributed by atoms with E-state index >= 15 is 0 Å². The molecule has 4 aromatic rings. The van der Waals surface area contributed by atoms with Crippen LogP contribution < -0.4 is 15.8 Å². The predicted octanol–water partition coefficient (Wildman–Crippen LogP) is 3.85. The van der Waals surface area contributed by atoms with Crippen LogP contribution in [0.5, 0.6) is 5.75 Å². The second kappa shape index (κ2) is 12.0. The number of nitrogens with two attached hydrogens (primary N) is 1. The van der Waals surface area contributed by atoms with Crippen molar-refractivity contribution >= 4 is 44.9 Å². The number of halogens is 1. The number of methoxy groups -OCH3 is 2. The first kappa shape index (κ1) is 28.8. The van der Waals surface area contributed by atoms with Gasteiger partial charge in [-0.05, 0) is 65.4 Å². The average molecular weight is 593 g/mol. The Morgan fingerprint density at radius 3 is 2.62 bits per heavy atom. The summed E-state index contributed by atoms with van der Waals surface area (Å²) in [6.45, 7) is 0.156. The number of nitrogen functional groups attached to an aromatic ring is 1. The standard InChI is InChI=1S/C30H29FN4O6S/c1-40-24-16-18(7-10-23(24)31)26(34-19-8-9-20-17(15-19)11-13-33-28(20)32)29(36)35-14-12-22(30(37)41-2)27(35)21-5-3-4-6-25(21)42(38)39/h3-11,13,15-16,22,26-27,34,42H,12,14H2,1-2H3,(H2,32,33)/t22-,26?,27-/m0/s1. The fourth-order valence-electron chi connectivity index (χ4n) is 5.49. The Bertz CT molecular complexity index is 1740. The summed E-state index contributed by atoms with van der Waals surface area (Å²) in [5.41, 5.74) is 7.29. The number of aromatic nitrogens is 1. The molecule has 3 atom stereocenters. The van der Waals surface area contributed by atoms with E-state index in [1.54, 1.807) is 42.6 Å². The van der Waals surface area contributed by atoms with Gasteiger partial charge >= 0.3 is 5.97 Å². The summed E-state index contributed by atoms with van der Waals surface area (Å²) in [4.78, 5) is 32.9. The monoisotopic (exact) mass is 592 g/mol. The summed E-state index contributed by atoms with van der Waals surface area (Å²) in [5, 5.41) is 4.78. The minimum atomic E-state index is -3.02. The zero-order valence-electron chi connectivity index (χ0n) is 22.8. The molecule has 1 fully saturated rings. The van der Waals surface area contributed by atoms with E-state index in [0.29, 0.717) is 22.6 Å². The Kier molecular flexibility index (Phi) is 8.25. The maximum absolute atomic E-state index is 14.5. The Balaban J connectivity index is 1.61. The predicted molar refractivity (Wildman–Crippen MR) is 155 cm³/mol. The molecule has 1 amide bonds. The van der Waals surface area contributed by atoms with E-state index in [2.05, 4.69) is 10.3 Å². The van der Waals surface area contributed by atoms with Gasteiger partial charge in [0.15, 0.2) is 22.3 Å². The molecular formula is C30H29FN4O6S. The minimum absolute atomic E-state index is 0.0137. The number of anilines is 2. The van der Waals surface area contributed by atoms with Crippen molar-refractivity contribution in [3.8, 4) is 5.75 Å². The van der Waals surface area contributed by atoms with Crippen molar-refractivity contribution in [3.05, 3.63) is 89.9 Å². The molecule has 1 aliphatic rings. The van der Waals surface area contributed by atoms with Gasteiger partial charge in [0.05, 0.1) is 31.1 Å². The van der Waals surface area contributed by atoms with Gasteiger partial charge in [0.1, 0.15) is 11.9 Å². The van der Waals surface area contributed by atoms with E-state index in [1.807, 2.05) is 6.07 Å². The second-order valence-corrected chi connectivity index (χ2v) is 10.8. The summed E-state index contributed by atoms with van der Waals surface area (Å²) in [6.07, 6.45) is 1.84. The number of carbonyl (C=O) groups is 2. The molecule has 0 bridgehead atoms. The average Bonchev–Trinajstić information content (AvgIpc) is 3.44. The zero-order valence-corrected chi connectivity index (χ0v) is 23.7. The zero-order chi connectivity index (χ0) is 30.0. The van der Waals surface area contributed by atoms with Gasteiger partial charge in [-0.1, -0.05) is 24.3 Å². The number of fused-ring (bicyclic) bond motifs is 1. The number of hydrogen-bond acceptors (Lipinski definition) is 9. The van der Waals surface area contributed by atoms with Crippen molar-refractivity contribution in [2.24, 2.45) is 5.92 Å². The van der Waals surface area contributed by atoms with Crippen LogP contribution in [0.2, 0.25) is 0 Å². The number of rotatable bonds is 8. The number of nitrogens with one attached hydrogen (secondary N) is 1. The molecule has 1 aliphatic heterocycles. The second-order valence-electron chi connectivity index (χ2n) is 9.81. The van der Waals surface area contributed by atoms with Gasteiger partial charge in [-0.25, -0.2) is 17.8 Å². The minimum Gasteiger partial charge on any atom is -0.494 e. The van der Waals surface area contributed by atoms with Gasteiger partial charge < -0.3 is 25.4 Å². The molecule has 2 heterocycles. The maximum atomic E-state index is 14.5. The third-order valence-electron chi connectivity index (χ3n) is 7.50. The molecule has 1 unspecified atom stereocenters. The SMILES string of the molecule is COC(=O)[C@H]1CCN(C(=O)C(Nc2ccc3c(N)nccc3c2)c2ccc(F)c(OC)c2)[C@H]1c1ccccc1[SH](=O)=O. The number of nitrogens with zero attached hydrogens (tertiary/aromatic N) is 2. The van der Waals surface area contributed by atoms with E-state index in [9.17, 15) is 22.4 Å². The van der Waals surface area contributed by atoms with E-state index in [4.69, 9.17) is 15.2 Å². The van der Waals surface area contributed by atoms with Crippen LogP contribution in [0.1, 0.15) is 29.6 Å². The molecule has 0 aliphatic carbocycles. The van der Waals surface area contributed by atoms with Gasteiger partial charge in [0.2, 0.25) is 5.91 Å². The normalized spacial score (nSPS) is 17.3. The Hall–Kier alpha value is -4.71. The summed E-state index contributed by atoms with van der Waals surface area (Å²) in [5.74, 6) is -2.10. The summed E-state index contributed by atoms with van der Waals surface area (Å²) < 4.78 is 48.9. The summed E-state index contributed by atoms with van der Waals surface area (Å²) >= 11 is 0. The smallest absolute Gasteiger partial charge is 0.311 e. The molecule has 0 saturated carbocycles. The molecule has 218 valence electrons. The molecule has 12 heteroatoms. The third kappa shape index (κ3) is 5.45. The molecule has 1 saturated heterocycles. The van der Waals surface area contributed by atoms with Gasteiger partial charge in [0.25, 0.3) is 0 Å². The highest BCUT2D eigenvalue weighted by Gasteiger charge is 2.45. The highest BCUT2D eigenvalue weighted by molar-refractivity contribution is 7.72. The van der Waals surface area contributed by atoms with Gasteiger partial charge in [-0.3, -0.25) is 9.59 Å². The van der Waals surface area contributed by atoms with Crippen molar-refractivity contribution in [3.63, 3.8) is 0 Å². The summed E-state index contributed by atoms with van der Waals surface area (Å²) in [7, 11) is -0.445. The molecule has 3 N–H and O–H groups in total. The Morgan fingerprint density at radius 2 is 1.88 bits per heavy atom. The molecule has 0 radical (unpaired) electrons. The van der Waals surface area contributed by atoms with Crippen molar-refractivity contribution < 1.29 is 31.9 Å². The number of pyridine rings is 1. The molecule has 0 spiro atoms. The van der Waals surface area contributed by atoms with Gasteiger partial charge in [0, 0.05) is 23.8 Å². The number of hydrogen-bond donors (Lipinski definition) is 3. The van der Waals surface area contributed by atoms with E-state index in [-0.39, 0.29) is 23.6 Å². The van der Waals surface area contributed by atoms with E-state index < -0.39 is 46.4 Å². The quantitative estimate of drug-likeness (QED) is 0.206. The Morgan fingerprint density at radius 1 is 1.10 bits per heavy atom. The lowest BCUT2D eigenvalue weighted by molar-refractivity contribution is -0.147. The topological polar surface area (TPSA) is 141 Å². The number of esters is 1. The van der Waals surface area contributed by atoms with Crippen LogP contribution in [0.25, 0.3) is 10.8 Å². The number of amides is 1. The highest BCUT2D eigenvalue weighted by atomic mass is 32.2. The lowest BCUT2D eigenvalue weighted by Gasteiger charge is -2.32. The third-order valence-corrected chi connectivity index (χ3v) is 8.30. The molecular weight excluding hydrogens is 563 g/mol. The first-order valence-electron chi connectivity index (χ1n) is 13.1. The fraction of sp³-hybridized carbons (Fsp3) is 0.233. The van der Waals surface area contributed by atoms with Crippen molar-refractivity contribution in [2.75, 3.05) is 31.8 Å². The van der Waals surface area contributed by atoms with Crippen molar-refractivity contribution in [2.45, 2.75) is 23.4 Å². The van der Waals surface area contributed by atoms with Crippen LogP contribution in [-0.4, -0.2) is 50.9 Å². The lowest BCUT2D eigenvalue weighted by Crippen LogP contribution is -2.39. The van der Waals surface area contributed by atoms with Crippen LogP contribution in [0, 0.1) is 11.7 Å². The van der Waals surface area contributed by atoms with E-state index in [0.717, 1.165) is 10.8 Å². The Labute approximate surface area is 243 Å². The fourth-order valence-corrected chi connectivity index (χ4v) is 6.12. The maximum Gasteiger partial charge on any atom is 0.311 e. The van der Waals surface area contributed by atoms with Crippen LogP contribution in [0.4, 0.5) is 15.9 Å².